The van der Waals surface area contributed by atoms with Gasteiger partial charge in [0.05, 0.1) is 11.1 Å². The fraction of sp³-hybridized carbons (Fsp3) is 0.385. The van der Waals surface area contributed by atoms with Crippen molar-refractivity contribution in [2.45, 2.75) is 31.7 Å². The quantitative estimate of drug-likeness (QED) is 0.422. The molecule has 0 aliphatic carbocycles. The van der Waals surface area contributed by atoms with Gasteiger partial charge in [-0.25, -0.2) is 4.98 Å². The maximum Gasteiger partial charge on any atom is 0.262 e. The number of piperazine rings is 1. The summed E-state index contributed by atoms with van der Waals surface area (Å²) in [4.78, 5) is 71.4. The maximum absolute atomic E-state index is 12.9. The van der Waals surface area contributed by atoms with E-state index < -0.39 is 29.7 Å². The Bertz CT molecular complexity index is 1240. The lowest BCUT2D eigenvalue weighted by Gasteiger charge is -2.35. The molecule has 0 radical (unpaired) electrons. The Morgan fingerprint density at radius 1 is 1.00 bits per heavy atom. The molecular formula is C26H28N6O5. The summed E-state index contributed by atoms with van der Waals surface area (Å²) in [5, 5.41) is 5.40. The van der Waals surface area contributed by atoms with E-state index in [4.69, 9.17) is 0 Å². The minimum atomic E-state index is -0.988. The molecular weight excluding hydrogens is 476 g/mol. The third-order valence-corrected chi connectivity index (χ3v) is 6.94. The molecule has 0 bridgehead atoms. The molecule has 3 aliphatic rings. The molecule has 0 saturated carbocycles. The van der Waals surface area contributed by atoms with Gasteiger partial charge in [-0.3, -0.25) is 34.2 Å². The van der Waals surface area contributed by atoms with E-state index in [1.807, 2.05) is 23.1 Å². The Morgan fingerprint density at radius 2 is 1.78 bits per heavy atom. The second-order valence-corrected chi connectivity index (χ2v) is 9.29. The number of nitrogens with zero attached hydrogens (tertiary/aromatic N) is 4. The average Bonchev–Trinajstić information content (AvgIpc) is 3.16. The summed E-state index contributed by atoms with van der Waals surface area (Å²) in [6, 6.07) is 9.69. The summed E-state index contributed by atoms with van der Waals surface area (Å²) >= 11 is 0. The van der Waals surface area contributed by atoms with Crippen LogP contribution in [0.2, 0.25) is 0 Å². The normalized spacial score (nSPS) is 19.7. The molecule has 11 nitrogen and oxygen atoms in total. The molecule has 0 spiro atoms. The minimum absolute atomic E-state index is 0.0786. The smallest absolute Gasteiger partial charge is 0.262 e. The lowest BCUT2D eigenvalue weighted by molar-refractivity contribution is -0.136. The first-order chi connectivity index (χ1) is 17.9. The largest absolute Gasteiger partial charge is 0.385 e. The molecule has 2 fully saturated rings. The third kappa shape index (κ3) is 5.02. The molecule has 11 heteroatoms. The van der Waals surface area contributed by atoms with Crippen LogP contribution in [0.1, 0.15) is 46.4 Å². The van der Waals surface area contributed by atoms with Crippen LogP contribution in [0, 0.1) is 0 Å². The summed E-state index contributed by atoms with van der Waals surface area (Å²) < 4.78 is 0. The Hall–Kier alpha value is -4.28. The van der Waals surface area contributed by atoms with Gasteiger partial charge < -0.3 is 15.1 Å². The third-order valence-electron chi connectivity index (χ3n) is 6.94. The van der Waals surface area contributed by atoms with Crippen molar-refractivity contribution in [1.82, 2.24) is 20.1 Å². The van der Waals surface area contributed by atoms with Gasteiger partial charge in [0.25, 0.3) is 11.8 Å². The Kier molecular flexibility index (Phi) is 6.85. The first-order valence-corrected chi connectivity index (χ1v) is 12.5. The van der Waals surface area contributed by atoms with Crippen LogP contribution in [0.4, 0.5) is 11.5 Å². The number of fused-ring (bicyclic) bond motifs is 1. The van der Waals surface area contributed by atoms with Crippen LogP contribution < -0.4 is 15.5 Å². The van der Waals surface area contributed by atoms with Gasteiger partial charge in [-0.15, -0.1) is 0 Å². The van der Waals surface area contributed by atoms with Crippen LogP contribution >= 0.6 is 0 Å². The van der Waals surface area contributed by atoms with E-state index in [0.29, 0.717) is 38.2 Å². The number of nitrogens with one attached hydrogen (secondary N) is 2. The molecule has 4 heterocycles. The van der Waals surface area contributed by atoms with Crippen LogP contribution in [0.25, 0.3) is 0 Å². The molecule has 2 N–H and O–H groups in total. The number of amides is 5. The Morgan fingerprint density at radius 3 is 2.51 bits per heavy atom. The van der Waals surface area contributed by atoms with Gasteiger partial charge in [0.15, 0.2) is 0 Å². The molecule has 1 aromatic heterocycles. The molecule has 1 aromatic carbocycles. The standard InChI is InChI=1S/C26H28N6O5/c33-22-9-8-20(24(35)29-22)32-25(36)18-7-6-17(16-19(18)26(32)37)27-11-3-5-23(34)31-14-12-30(13-15-31)21-4-1-2-10-28-21/h1-2,4,6-7,10,16,20,27H,3,5,8-9,11-15H2,(H,29,33,35). The van der Waals surface area contributed by atoms with Gasteiger partial charge >= 0.3 is 0 Å². The fourth-order valence-electron chi connectivity index (χ4n) is 4.94. The Balaban J connectivity index is 1.10. The number of rotatable bonds is 7. The van der Waals surface area contributed by atoms with E-state index >= 15 is 0 Å². The second-order valence-electron chi connectivity index (χ2n) is 9.29. The second kappa shape index (κ2) is 10.4. The van der Waals surface area contributed by atoms with Crippen molar-refractivity contribution < 1.29 is 24.0 Å². The van der Waals surface area contributed by atoms with Crippen LogP contribution in [-0.4, -0.2) is 83.1 Å². The van der Waals surface area contributed by atoms with Gasteiger partial charge in [0, 0.05) is 57.4 Å². The first-order valence-electron chi connectivity index (χ1n) is 12.5. The zero-order valence-electron chi connectivity index (χ0n) is 20.3. The monoisotopic (exact) mass is 504 g/mol. The molecule has 2 saturated heterocycles. The van der Waals surface area contributed by atoms with Crippen molar-refractivity contribution in [3.05, 3.63) is 53.7 Å². The summed E-state index contributed by atoms with van der Waals surface area (Å²) in [5.74, 6) is -1.08. The van der Waals surface area contributed by atoms with E-state index in [1.54, 1.807) is 24.4 Å². The average molecular weight is 505 g/mol. The highest BCUT2D eigenvalue weighted by molar-refractivity contribution is 6.23. The number of hydrogen-bond acceptors (Lipinski definition) is 8. The van der Waals surface area contributed by atoms with Crippen molar-refractivity contribution >= 4 is 41.0 Å². The summed E-state index contributed by atoms with van der Waals surface area (Å²) in [5.41, 5.74) is 1.11. The number of aromatic nitrogens is 1. The van der Waals surface area contributed by atoms with Crippen molar-refractivity contribution in [2.75, 3.05) is 42.9 Å². The Labute approximate surface area is 213 Å². The van der Waals surface area contributed by atoms with Crippen LogP contribution in [0.15, 0.2) is 42.6 Å². The van der Waals surface area contributed by atoms with Crippen LogP contribution in [-0.2, 0) is 14.4 Å². The van der Waals surface area contributed by atoms with Gasteiger partial charge in [0.2, 0.25) is 17.7 Å². The molecule has 5 rings (SSSR count). The molecule has 1 atom stereocenters. The number of pyridine rings is 1. The van der Waals surface area contributed by atoms with E-state index in [1.165, 1.54) is 0 Å². The fourth-order valence-corrected chi connectivity index (χ4v) is 4.94. The summed E-state index contributed by atoms with van der Waals surface area (Å²) in [6.07, 6.45) is 2.99. The zero-order valence-corrected chi connectivity index (χ0v) is 20.3. The highest BCUT2D eigenvalue weighted by Gasteiger charge is 2.44. The number of carbonyl (C=O) groups is 5. The molecule has 5 amide bonds. The number of benzene rings is 1. The predicted molar refractivity (Wildman–Crippen MR) is 134 cm³/mol. The number of carbonyl (C=O) groups excluding carboxylic acids is 5. The van der Waals surface area contributed by atoms with Crippen molar-refractivity contribution in [1.29, 1.82) is 0 Å². The molecule has 37 heavy (non-hydrogen) atoms. The lowest BCUT2D eigenvalue weighted by Crippen LogP contribution is -2.54. The number of hydrogen-bond donors (Lipinski definition) is 2. The van der Waals surface area contributed by atoms with E-state index in [9.17, 15) is 24.0 Å². The van der Waals surface area contributed by atoms with Gasteiger partial charge in [-0.2, -0.15) is 0 Å². The van der Waals surface area contributed by atoms with Crippen molar-refractivity contribution in [2.24, 2.45) is 0 Å². The van der Waals surface area contributed by atoms with E-state index in [0.717, 1.165) is 23.8 Å². The lowest BCUT2D eigenvalue weighted by atomic mass is 10.0. The maximum atomic E-state index is 12.9. The zero-order chi connectivity index (χ0) is 25.9. The predicted octanol–water partition coefficient (Wildman–Crippen LogP) is 1.02. The highest BCUT2D eigenvalue weighted by atomic mass is 16.2. The molecule has 192 valence electrons. The molecule has 1 unspecified atom stereocenters. The van der Waals surface area contributed by atoms with Crippen molar-refractivity contribution in [3.63, 3.8) is 0 Å². The van der Waals surface area contributed by atoms with E-state index in [-0.39, 0.29) is 29.9 Å². The highest BCUT2D eigenvalue weighted by Crippen LogP contribution is 2.29. The number of anilines is 2. The van der Waals surface area contributed by atoms with Gasteiger partial charge in [-0.05, 0) is 43.2 Å². The van der Waals surface area contributed by atoms with Gasteiger partial charge in [-0.1, -0.05) is 6.07 Å². The summed E-state index contributed by atoms with van der Waals surface area (Å²) in [6.45, 7) is 3.34. The summed E-state index contributed by atoms with van der Waals surface area (Å²) in [7, 11) is 0. The SMILES string of the molecule is O=C1CCC(N2C(=O)c3ccc(NCCCC(=O)N4CCN(c5ccccn5)CC4)cc3C2=O)C(=O)N1. The topological polar surface area (TPSA) is 132 Å². The minimum Gasteiger partial charge on any atom is -0.385 e. The van der Waals surface area contributed by atoms with Crippen molar-refractivity contribution in [3.8, 4) is 0 Å². The molecule has 3 aliphatic heterocycles. The first kappa shape index (κ1) is 24.4. The van der Waals surface area contributed by atoms with Crippen LogP contribution in [0.5, 0.6) is 0 Å². The number of piperidine rings is 1. The van der Waals surface area contributed by atoms with Crippen LogP contribution in [0.3, 0.4) is 0 Å². The number of imide groups is 2. The van der Waals surface area contributed by atoms with Gasteiger partial charge in [0.1, 0.15) is 11.9 Å². The van der Waals surface area contributed by atoms with E-state index in [2.05, 4.69) is 20.5 Å². The molecule has 2 aromatic rings.